The van der Waals surface area contributed by atoms with Crippen LogP contribution >= 0.6 is 0 Å². The average molecular weight is 399 g/mol. The van der Waals surface area contributed by atoms with E-state index in [2.05, 4.69) is 49.5 Å². The van der Waals surface area contributed by atoms with Crippen LogP contribution in [0.3, 0.4) is 0 Å². The van der Waals surface area contributed by atoms with E-state index in [1.54, 1.807) is 13.1 Å². The summed E-state index contributed by atoms with van der Waals surface area (Å²) in [6, 6.07) is 11.1. The van der Waals surface area contributed by atoms with Gasteiger partial charge in [-0.05, 0) is 36.2 Å². The Balaban J connectivity index is 1.43. The molecular weight excluding hydrogens is 367 g/mol. The molecule has 2 aromatic rings. The first-order valence-electron chi connectivity index (χ1n) is 10.3. The summed E-state index contributed by atoms with van der Waals surface area (Å²) >= 11 is 0. The Hall–Kier alpha value is -2.67. The molecule has 0 saturated carbocycles. The third-order valence-corrected chi connectivity index (χ3v) is 5.28. The number of hydrogen-bond acceptors (Lipinski definition) is 4. The molecule has 156 valence electrons. The molecule has 1 aromatic carbocycles. The van der Waals surface area contributed by atoms with Crippen molar-refractivity contribution in [1.29, 1.82) is 0 Å². The maximum absolute atomic E-state index is 13.7. The second-order valence-electron chi connectivity index (χ2n) is 7.14. The number of likely N-dealkylation sites (N-methyl/N-ethyl adjacent to an activating group) is 1. The van der Waals surface area contributed by atoms with E-state index in [0.29, 0.717) is 31.0 Å². The Morgan fingerprint density at radius 3 is 2.55 bits per heavy atom. The molecule has 2 heterocycles. The highest BCUT2D eigenvalue weighted by molar-refractivity contribution is 5.79. The zero-order valence-electron chi connectivity index (χ0n) is 17.4. The van der Waals surface area contributed by atoms with Crippen molar-refractivity contribution in [3.05, 3.63) is 59.5 Å². The molecule has 6 nitrogen and oxygen atoms in total. The summed E-state index contributed by atoms with van der Waals surface area (Å²) in [7, 11) is 1.73. The van der Waals surface area contributed by atoms with Gasteiger partial charge in [-0.3, -0.25) is 4.99 Å². The first kappa shape index (κ1) is 21.0. The number of rotatable bonds is 7. The van der Waals surface area contributed by atoms with Crippen LogP contribution < -0.4 is 15.5 Å². The van der Waals surface area contributed by atoms with Crippen LogP contribution in [0.5, 0.6) is 0 Å². The standard InChI is InChI=1S/C22H31FN6/c1-3-28-12-14-29(15-13-28)21-9-8-18(16-26-21)17-27-22(24-2)25-11-10-19-6-4-5-7-20(19)23/h4-9,16H,3,10-15,17H2,1-2H3,(H2,24,25,27). The van der Waals surface area contributed by atoms with Crippen molar-refractivity contribution < 1.29 is 4.39 Å². The SMILES string of the molecule is CCN1CCN(c2ccc(CNC(=NC)NCCc3ccccc3F)cn2)CC1. The monoisotopic (exact) mass is 398 g/mol. The van der Waals surface area contributed by atoms with E-state index in [-0.39, 0.29) is 5.82 Å². The minimum atomic E-state index is -0.167. The fraction of sp³-hybridized carbons (Fsp3) is 0.455. The Bertz CT molecular complexity index is 784. The van der Waals surface area contributed by atoms with Gasteiger partial charge in [-0.15, -0.1) is 0 Å². The largest absolute Gasteiger partial charge is 0.356 e. The van der Waals surface area contributed by atoms with Crippen LogP contribution in [0.2, 0.25) is 0 Å². The summed E-state index contributed by atoms with van der Waals surface area (Å²) in [5.41, 5.74) is 1.80. The number of halogens is 1. The van der Waals surface area contributed by atoms with Gasteiger partial charge in [0.15, 0.2) is 5.96 Å². The van der Waals surface area contributed by atoms with E-state index < -0.39 is 0 Å². The van der Waals surface area contributed by atoms with E-state index >= 15 is 0 Å². The highest BCUT2D eigenvalue weighted by Crippen LogP contribution is 2.14. The second kappa shape index (κ2) is 10.8. The summed E-state index contributed by atoms with van der Waals surface area (Å²) < 4.78 is 13.7. The highest BCUT2D eigenvalue weighted by Gasteiger charge is 2.16. The molecule has 0 spiro atoms. The lowest BCUT2D eigenvalue weighted by atomic mass is 10.1. The van der Waals surface area contributed by atoms with Crippen molar-refractivity contribution in [3.8, 4) is 0 Å². The maximum atomic E-state index is 13.7. The lowest BCUT2D eigenvalue weighted by Crippen LogP contribution is -2.46. The smallest absolute Gasteiger partial charge is 0.191 e. The summed E-state index contributed by atoms with van der Waals surface area (Å²) in [4.78, 5) is 13.7. The minimum absolute atomic E-state index is 0.167. The Morgan fingerprint density at radius 2 is 1.90 bits per heavy atom. The third kappa shape index (κ3) is 6.15. The molecule has 29 heavy (non-hydrogen) atoms. The van der Waals surface area contributed by atoms with E-state index in [9.17, 15) is 4.39 Å². The number of nitrogens with zero attached hydrogens (tertiary/aromatic N) is 4. The van der Waals surface area contributed by atoms with Gasteiger partial charge >= 0.3 is 0 Å². The van der Waals surface area contributed by atoms with E-state index in [1.165, 1.54) is 6.07 Å². The molecule has 0 amide bonds. The van der Waals surface area contributed by atoms with Crippen molar-refractivity contribution in [2.75, 3.05) is 51.2 Å². The molecule has 7 heteroatoms. The van der Waals surface area contributed by atoms with Crippen LogP contribution in [0.25, 0.3) is 0 Å². The molecule has 0 atom stereocenters. The first-order valence-corrected chi connectivity index (χ1v) is 10.3. The van der Waals surface area contributed by atoms with Crippen molar-refractivity contribution >= 4 is 11.8 Å². The molecule has 0 unspecified atom stereocenters. The number of aliphatic imine (C=N–C) groups is 1. The number of hydrogen-bond donors (Lipinski definition) is 2. The van der Waals surface area contributed by atoms with Gasteiger partial charge in [-0.2, -0.15) is 0 Å². The fourth-order valence-electron chi connectivity index (χ4n) is 3.42. The summed E-state index contributed by atoms with van der Waals surface area (Å²) in [5.74, 6) is 1.57. The minimum Gasteiger partial charge on any atom is -0.356 e. The average Bonchev–Trinajstić information content (AvgIpc) is 2.78. The molecule has 0 radical (unpaired) electrons. The Labute approximate surface area is 172 Å². The number of anilines is 1. The number of nitrogens with one attached hydrogen (secondary N) is 2. The van der Waals surface area contributed by atoms with Gasteiger partial charge < -0.3 is 20.4 Å². The van der Waals surface area contributed by atoms with Gasteiger partial charge in [-0.25, -0.2) is 9.37 Å². The van der Waals surface area contributed by atoms with E-state index in [1.807, 2.05) is 18.3 Å². The third-order valence-electron chi connectivity index (χ3n) is 5.28. The van der Waals surface area contributed by atoms with E-state index in [4.69, 9.17) is 0 Å². The Kier molecular flexibility index (Phi) is 7.81. The molecule has 2 N–H and O–H groups in total. The van der Waals surface area contributed by atoms with Crippen molar-refractivity contribution in [3.63, 3.8) is 0 Å². The van der Waals surface area contributed by atoms with Gasteiger partial charge in [0, 0.05) is 52.5 Å². The van der Waals surface area contributed by atoms with Crippen molar-refractivity contribution in [2.45, 2.75) is 19.9 Å². The highest BCUT2D eigenvalue weighted by atomic mass is 19.1. The number of benzene rings is 1. The lowest BCUT2D eigenvalue weighted by molar-refractivity contribution is 0.270. The second-order valence-corrected chi connectivity index (χ2v) is 7.14. The quantitative estimate of drug-likeness (QED) is 0.554. The van der Waals surface area contributed by atoms with Crippen LogP contribution in [0.15, 0.2) is 47.6 Å². The van der Waals surface area contributed by atoms with Gasteiger partial charge in [0.25, 0.3) is 0 Å². The predicted octanol–water partition coefficient (Wildman–Crippen LogP) is 2.27. The van der Waals surface area contributed by atoms with Crippen molar-refractivity contribution in [1.82, 2.24) is 20.5 Å². The summed E-state index contributed by atoms with van der Waals surface area (Å²) in [6.07, 6.45) is 2.52. The van der Waals surface area contributed by atoms with Crippen LogP contribution in [-0.2, 0) is 13.0 Å². The fourth-order valence-corrected chi connectivity index (χ4v) is 3.42. The topological polar surface area (TPSA) is 55.8 Å². The number of piperazine rings is 1. The van der Waals surface area contributed by atoms with Crippen LogP contribution in [-0.4, -0.2) is 62.2 Å². The number of aromatic nitrogens is 1. The van der Waals surface area contributed by atoms with Gasteiger partial charge in [0.05, 0.1) is 0 Å². The van der Waals surface area contributed by atoms with E-state index in [0.717, 1.165) is 44.1 Å². The first-order chi connectivity index (χ1) is 14.2. The molecule has 1 aliphatic rings. The van der Waals surface area contributed by atoms with Crippen LogP contribution in [0.4, 0.5) is 10.2 Å². The molecule has 0 bridgehead atoms. The molecule has 3 rings (SSSR count). The molecule has 1 saturated heterocycles. The molecule has 1 aliphatic heterocycles. The molecular formula is C22H31FN6. The lowest BCUT2D eigenvalue weighted by Gasteiger charge is -2.34. The predicted molar refractivity (Wildman–Crippen MR) is 117 cm³/mol. The van der Waals surface area contributed by atoms with Crippen molar-refractivity contribution in [2.24, 2.45) is 4.99 Å². The van der Waals surface area contributed by atoms with Gasteiger partial charge in [0.1, 0.15) is 11.6 Å². The Morgan fingerprint density at radius 1 is 1.10 bits per heavy atom. The molecule has 1 aromatic heterocycles. The van der Waals surface area contributed by atoms with Gasteiger partial charge in [-0.1, -0.05) is 31.2 Å². The normalized spacial score (nSPS) is 15.4. The van der Waals surface area contributed by atoms with Crippen LogP contribution in [0, 0.1) is 5.82 Å². The zero-order chi connectivity index (χ0) is 20.5. The number of guanidine groups is 1. The summed E-state index contributed by atoms with van der Waals surface area (Å²) in [6.45, 7) is 8.80. The number of pyridine rings is 1. The molecule has 1 fully saturated rings. The van der Waals surface area contributed by atoms with Gasteiger partial charge in [0.2, 0.25) is 0 Å². The summed E-state index contributed by atoms with van der Waals surface area (Å²) in [5, 5.41) is 6.51. The maximum Gasteiger partial charge on any atom is 0.191 e. The zero-order valence-corrected chi connectivity index (χ0v) is 17.4. The van der Waals surface area contributed by atoms with Crippen LogP contribution in [0.1, 0.15) is 18.1 Å². The molecule has 0 aliphatic carbocycles.